The number of nitrogens with one attached hydrogen (secondary N) is 1. The number of fused-ring (bicyclic) bond motifs is 2. The highest BCUT2D eigenvalue weighted by molar-refractivity contribution is 7.17. The van der Waals surface area contributed by atoms with E-state index in [9.17, 15) is 9.59 Å². The molecule has 0 spiro atoms. The number of nitrogens with zero attached hydrogens (tertiary/aromatic N) is 1. The largest absolute Gasteiger partial charge is 0.462 e. The van der Waals surface area contributed by atoms with Gasteiger partial charge >= 0.3 is 5.97 Å². The molecule has 33 heavy (non-hydrogen) atoms. The Morgan fingerprint density at radius 2 is 1.88 bits per heavy atom. The first kappa shape index (κ1) is 21.3. The number of rotatable bonds is 5. The summed E-state index contributed by atoms with van der Waals surface area (Å²) in [6.07, 6.45) is 2.79. The molecule has 0 aliphatic heterocycles. The number of aromatic nitrogens is 1. The van der Waals surface area contributed by atoms with Crippen molar-refractivity contribution in [3.05, 3.63) is 81.7 Å². The van der Waals surface area contributed by atoms with Crippen molar-refractivity contribution in [2.24, 2.45) is 0 Å². The normalized spacial score (nSPS) is 12.5. The Balaban J connectivity index is 1.57. The summed E-state index contributed by atoms with van der Waals surface area (Å²) in [7, 11) is 0. The highest BCUT2D eigenvalue weighted by atomic mass is 32.1. The van der Waals surface area contributed by atoms with E-state index < -0.39 is 0 Å². The maximum atomic E-state index is 13.5. The monoisotopic (exact) mass is 456 g/mol. The molecule has 1 amide bonds. The van der Waals surface area contributed by atoms with Gasteiger partial charge < -0.3 is 10.1 Å². The molecule has 5 rings (SSSR count). The van der Waals surface area contributed by atoms with E-state index in [-0.39, 0.29) is 11.9 Å². The second-order valence-electron chi connectivity index (χ2n) is 8.17. The van der Waals surface area contributed by atoms with Gasteiger partial charge in [-0.2, -0.15) is 0 Å². The van der Waals surface area contributed by atoms with Gasteiger partial charge in [0.05, 0.1) is 28.9 Å². The van der Waals surface area contributed by atoms with Crippen molar-refractivity contribution in [3.63, 3.8) is 0 Å². The first-order valence-electron chi connectivity index (χ1n) is 11.1. The Hall–Kier alpha value is -3.51. The van der Waals surface area contributed by atoms with E-state index in [1.807, 2.05) is 61.5 Å². The Bertz CT molecular complexity index is 1370. The lowest BCUT2D eigenvalue weighted by atomic mass is 10.0. The van der Waals surface area contributed by atoms with Crippen LogP contribution in [0.4, 0.5) is 5.00 Å². The number of hydrogen-bond acceptors (Lipinski definition) is 5. The predicted molar refractivity (Wildman–Crippen MR) is 132 cm³/mol. The van der Waals surface area contributed by atoms with E-state index in [0.717, 1.165) is 57.4 Å². The van der Waals surface area contributed by atoms with Gasteiger partial charge in [0.2, 0.25) is 0 Å². The van der Waals surface area contributed by atoms with E-state index in [4.69, 9.17) is 9.72 Å². The fourth-order valence-corrected chi connectivity index (χ4v) is 5.59. The van der Waals surface area contributed by atoms with Crippen LogP contribution in [-0.4, -0.2) is 23.5 Å². The van der Waals surface area contributed by atoms with Gasteiger partial charge in [-0.15, -0.1) is 11.3 Å². The molecule has 6 heteroatoms. The third-order valence-corrected chi connectivity index (χ3v) is 7.14. The Labute approximate surface area is 196 Å². The highest BCUT2D eigenvalue weighted by Gasteiger charge is 2.29. The summed E-state index contributed by atoms with van der Waals surface area (Å²) in [6, 6.07) is 17.5. The van der Waals surface area contributed by atoms with Crippen LogP contribution in [0.1, 0.15) is 50.1 Å². The van der Waals surface area contributed by atoms with Gasteiger partial charge in [-0.3, -0.25) is 4.79 Å². The number of pyridine rings is 1. The molecular formula is C27H24N2O3S. The first-order chi connectivity index (χ1) is 16.0. The number of aryl methyl sites for hydroxylation is 2. The smallest absolute Gasteiger partial charge is 0.341 e. The number of carbonyl (C=O) groups excluding carboxylic acids is 2. The fraction of sp³-hybridized carbons (Fsp3) is 0.222. The molecule has 0 fully saturated rings. The van der Waals surface area contributed by atoms with Crippen LogP contribution >= 0.6 is 11.3 Å². The van der Waals surface area contributed by atoms with Gasteiger partial charge in [0, 0.05) is 15.8 Å². The van der Waals surface area contributed by atoms with Crippen LogP contribution in [0.3, 0.4) is 0 Å². The summed E-state index contributed by atoms with van der Waals surface area (Å²) in [5.74, 6) is -0.625. The second-order valence-corrected chi connectivity index (χ2v) is 9.28. The van der Waals surface area contributed by atoms with Crippen LogP contribution in [0.15, 0.2) is 54.6 Å². The van der Waals surface area contributed by atoms with E-state index in [1.54, 1.807) is 6.92 Å². The summed E-state index contributed by atoms with van der Waals surface area (Å²) >= 11 is 1.48. The van der Waals surface area contributed by atoms with Crippen molar-refractivity contribution < 1.29 is 14.3 Å². The van der Waals surface area contributed by atoms with Crippen molar-refractivity contribution in [2.45, 2.75) is 33.1 Å². The molecule has 2 aromatic heterocycles. The summed E-state index contributed by atoms with van der Waals surface area (Å²) in [6.45, 7) is 4.13. The zero-order valence-electron chi connectivity index (χ0n) is 18.6. The zero-order chi connectivity index (χ0) is 22.9. The maximum Gasteiger partial charge on any atom is 0.341 e. The molecule has 4 aromatic rings. The first-order valence-corrected chi connectivity index (χ1v) is 12.0. The van der Waals surface area contributed by atoms with E-state index in [1.165, 1.54) is 11.3 Å². The number of hydrogen-bond donors (Lipinski definition) is 1. The maximum absolute atomic E-state index is 13.5. The topological polar surface area (TPSA) is 68.3 Å². The van der Waals surface area contributed by atoms with Crippen LogP contribution in [0.25, 0.3) is 22.2 Å². The van der Waals surface area contributed by atoms with Crippen LogP contribution in [0, 0.1) is 6.92 Å². The third-order valence-electron chi connectivity index (χ3n) is 5.94. The van der Waals surface area contributed by atoms with Crippen molar-refractivity contribution in [1.29, 1.82) is 0 Å². The summed E-state index contributed by atoms with van der Waals surface area (Å²) in [4.78, 5) is 32.2. The summed E-state index contributed by atoms with van der Waals surface area (Å²) in [5.41, 5.74) is 5.66. The minimum absolute atomic E-state index is 0.257. The van der Waals surface area contributed by atoms with E-state index in [0.29, 0.717) is 22.7 Å². The lowest BCUT2D eigenvalue weighted by Crippen LogP contribution is -2.16. The Kier molecular flexibility index (Phi) is 5.68. The van der Waals surface area contributed by atoms with E-state index in [2.05, 4.69) is 5.32 Å². The number of esters is 1. The van der Waals surface area contributed by atoms with Gasteiger partial charge in [-0.25, -0.2) is 9.78 Å². The molecule has 2 aromatic carbocycles. The lowest BCUT2D eigenvalue weighted by molar-refractivity contribution is 0.0527. The molecule has 1 aliphatic carbocycles. The molecule has 5 nitrogen and oxygen atoms in total. The Morgan fingerprint density at radius 1 is 1.09 bits per heavy atom. The van der Waals surface area contributed by atoms with Crippen LogP contribution in [0.2, 0.25) is 0 Å². The summed E-state index contributed by atoms with van der Waals surface area (Å²) in [5, 5.41) is 4.37. The van der Waals surface area contributed by atoms with Crippen molar-refractivity contribution in [2.75, 3.05) is 11.9 Å². The number of para-hydroxylation sites is 1. The molecule has 0 atom stereocenters. The molecule has 0 radical (unpaired) electrons. The average Bonchev–Trinajstić information content (AvgIpc) is 3.39. The number of amides is 1. The average molecular weight is 457 g/mol. The lowest BCUT2D eigenvalue weighted by Gasteiger charge is -2.12. The van der Waals surface area contributed by atoms with Crippen LogP contribution in [0.5, 0.6) is 0 Å². The number of anilines is 1. The van der Waals surface area contributed by atoms with Crippen molar-refractivity contribution >= 4 is 39.1 Å². The number of ether oxygens (including phenoxy) is 1. The number of thiophene rings is 1. The van der Waals surface area contributed by atoms with Crippen LogP contribution < -0.4 is 5.32 Å². The van der Waals surface area contributed by atoms with Crippen molar-refractivity contribution in [1.82, 2.24) is 4.98 Å². The SMILES string of the molecule is CCOC(=O)c1c(NC(=O)c2cc(-c3ccc(C)cc3)nc3ccccc23)sc2c1CCC2. The molecular weight excluding hydrogens is 432 g/mol. The standard InChI is InChI=1S/C27H24N2O3S/c1-3-32-27(31)24-19-8-6-10-23(19)33-26(24)29-25(30)20-15-22(17-13-11-16(2)12-14-17)28-21-9-5-4-7-18(20)21/h4-5,7,9,11-15H,3,6,8,10H2,1-2H3,(H,29,30). The quantitative estimate of drug-likeness (QED) is 0.364. The van der Waals surface area contributed by atoms with Crippen molar-refractivity contribution in [3.8, 4) is 11.3 Å². The minimum atomic E-state index is -0.368. The number of carbonyl (C=O) groups is 2. The summed E-state index contributed by atoms with van der Waals surface area (Å²) < 4.78 is 5.30. The molecule has 0 saturated carbocycles. The number of benzene rings is 2. The Morgan fingerprint density at radius 3 is 2.67 bits per heavy atom. The fourth-order valence-electron chi connectivity index (χ4n) is 4.32. The zero-order valence-corrected chi connectivity index (χ0v) is 19.4. The molecule has 2 heterocycles. The molecule has 1 aliphatic rings. The van der Waals surface area contributed by atoms with Gasteiger partial charge in [0.1, 0.15) is 5.00 Å². The van der Waals surface area contributed by atoms with Gasteiger partial charge in [-0.1, -0.05) is 48.0 Å². The molecule has 166 valence electrons. The molecule has 1 N–H and O–H groups in total. The third kappa shape index (κ3) is 4.02. The van der Waals surface area contributed by atoms with Gasteiger partial charge in [0.25, 0.3) is 5.91 Å². The van der Waals surface area contributed by atoms with Crippen LogP contribution in [-0.2, 0) is 17.6 Å². The minimum Gasteiger partial charge on any atom is -0.462 e. The van der Waals surface area contributed by atoms with Gasteiger partial charge in [0.15, 0.2) is 0 Å². The molecule has 0 unspecified atom stereocenters. The predicted octanol–water partition coefficient (Wildman–Crippen LogP) is 6.19. The molecule has 0 saturated heterocycles. The van der Waals surface area contributed by atoms with Gasteiger partial charge in [-0.05, 0) is 50.8 Å². The highest BCUT2D eigenvalue weighted by Crippen LogP contribution is 2.40. The second kappa shape index (κ2) is 8.79. The molecule has 0 bridgehead atoms. The van der Waals surface area contributed by atoms with E-state index >= 15 is 0 Å².